The largest absolute Gasteiger partial charge is 0.445 e. The van der Waals surface area contributed by atoms with Gasteiger partial charge in [-0.1, -0.05) is 30.3 Å². The summed E-state index contributed by atoms with van der Waals surface area (Å²) in [6.07, 6.45) is 1.45. The van der Waals surface area contributed by atoms with Gasteiger partial charge in [-0.05, 0) is 24.8 Å². The molecule has 0 spiro atoms. The highest BCUT2D eigenvalue weighted by atomic mass is 19.3. The van der Waals surface area contributed by atoms with Crippen molar-refractivity contribution in [1.82, 2.24) is 10.2 Å². The summed E-state index contributed by atoms with van der Waals surface area (Å²) in [7, 11) is 0. The van der Waals surface area contributed by atoms with Crippen LogP contribution in [0.3, 0.4) is 0 Å². The first kappa shape index (κ1) is 17.1. The van der Waals surface area contributed by atoms with Crippen LogP contribution in [0.25, 0.3) is 0 Å². The molecule has 0 radical (unpaired) electrons. The van der Waals surface area contributed by atoms with E-state index in [1.807, 2.05) is 30.3 Å². The highest BCUT2D eigenvalue weighted by Gasteiger charge is 2.36. The van der Waals surface area contributed by atoms with Crippen LogP contribution >= 0.6 is 0 Å². The molecule has 1 aromatic rings. The fraction of sp³-hybridized carbons (Fsp3) is 0.611. The van der Waals surface area contributed by atoms with Crippen molar-refractivity contribution in [3.63, 3.8) is 0 Å². The van der Waals surface area contributed by atoms with Crippen LogP contribution in [0.5, 0.6) is 0 Å². The molecule has 1 heterocycles. The van der Waals surface area contributed by atoms with Gasteiger partial charge in [0.1, 0.15) is 6.61 Å². The third kappa shape index (κ3) is 4.66. The zero-order valence-corrected chi connectivity index (χ0v) is 13.7. The zero-order chi connectivity index (χ0) is 17.0. The molecule has 6 heteroatoms. The predicted molar refractivity (Wildman–Crippen MR) is 86.9 cm³/mol. The molecule has 1 aromatic carbocycles. The topological polar surface area (TPSA) is 41.6 Å². The molecule has 3 rings (SSSR count). The highest BCUT2D eigenvalue weighted by molar-refractivity contribution is 5.68. The number of hydrogen-bond acceptors (Lipinski definition) is 3. The van der Waals surface area contributed by atoms with Gasteiger partial charge in [-0.2, -0.15) is 0 Å². The number of likely N-dealkylation sites (tertiary alicyclic amines) is 1. The first-order valence-electron chi connectivity index (χ1n) is 8.61. The van der Waals surface area contributed by atoms with Crippen LogP contribution in [-0.2, 0) is 11.3 Å². The summed E-state index contributed by atoms with van der Waals surface area (Å²) >= 11 is 0. The second-order valence-electron chi connectivity index (χ2n) is 6.77. The Kier molecular flexibility index (Phi) is 5.33. The Labute approximate surface area is 141 Å². The number of amides is 1. The van der Waals surface area contributed by atoms with E-state index in [1.54, 1.807) is 4.90 Å². The third-order valence-corrected chi connectivity index (χ3v) is 4.84. The van der Waals surface area contributed by atoms with E-state index in [0.29, 0.717) is 25.9 Å². The lowest BCUT2D eigenvalue weighted by Crippen LogP contribution is -2.44. The number of nitrogens with one attached hydrogen (secondary N) is 1. The Morgan fingerprint density at radius 3 is 2.58 bits per heavy atom. The smallest absolute Gasteiger partial charge is 0.410 e. The van der Waals surface area contributed by atoms with Gasteiger partial charge in [0.2, 0.25) is 5.92 Å². The van der Waals surface area contributed by atoms with Crippen LogP contribution in [-0.4, -0.2) is 42.1 Å². The summed E-state index contributed by atoms with van der Waals surface area (Å²) in [5.74, 6) is -2.50. The Bertz CT molecular complexity index is 543. The Morgan fingerprint density at radius 2 is 1.88 bits per heavy atom. The number of ether oxygens (including phenoxy) is 1. The third-order valence-electron chi connectivity index (χ3n) is 4.84. The van der Waals surface area contributed by atoms with Gasteiger partial charge < -0.3 is 15.0 Å². The summed E-state index contributed by atoms with van der Waals surface area (Å²) in [5.41, 5.74) is 0.961. The van der Waals surface area contributed by atoms with Crippen LogP contribution in [0, 0.1) is 0 Å². The monoisotopic (exact) mass is 338 g/mol. The van der Waals surface area contributed by atoms with E-state index in [9.17, 15) is 13.6 Å². The summed E-state index contributed by atoms with van der Waals surface area (Å²) < 4.78 is 31.7. The van der Waals surface area contributed by atoms with E-state index in [-0.39, 0.29) is 37.6 Å². The fourth-order valence-corrected chi connectivity index (χ4v) is 3.41. The van der Waals surface area contributed by atoms with E-state index in [4.69, 9.17) is 4.74 Å². The van der Waals surface area contributed by atoms with Gasteiger partial charge in [0.15, 0.2) is 0 Å². The van der Waals surface area contributed by atoms with E-state index in [2.05, 4.69) is 5.32 Å². The number of carbonyl (C=O) groups excluding carboxylic acids is 1. The predicted octanol–water partition coefficient (Wildman–Crippen LogP) is 3.57. The van der Waals surface area contributed by atoms with Gasteiger partial charge in [0.05, 0.1) is 0 Å². The lowest BCUT2D eigenvalue weighted by Gasteiger charge is -2.30. The van der Waals surface area contributed by atoms with Crippen LogP contribution in [0.1, 0.15) is 37.7 Å². The first-order chi connectivity index (χ1) is 11.5. The van der Waals surface area contributed by atoms with Crippen molar-refractivity contribution in [2.24, 2.45) is 0 Å². The van der Waals surface area contributed by atoms with E-state index in [0.717, 1.165) is 12.0 Å². The standard InChI is InChI=1S/C18H24F2N2O2/c19-18(20)9-6-15(7-10-18)21-16-8-11-22(12-16)17(23)24-13-14-4-2-1-3-5-14/h1-5,15-16,21H,6-13H2/t16-/m0/s1. The number of nitrogens with zero attached hydrogens (tertiary/aromatic N) is 1. The number of benzene rings is 1. The summed E-state index contributed by atoms with van der Waals surface area (Å²) in [4.78, 5) is 13.8. The van der Waals surface area contributed by atoms with Crippen molar-refractivity contribution in [3.05, 3.63) is 35.9 Å². The average Bonchev–Trinajstić information content (AvgIpc) is 3.04. The van der Waals surface area contributed by atoms with Crippen molar-refractivity contribution in [1.29, 1.82) is 0 Å². The molecule has 0 bridgehead atoms. The fourth-order valence-electron chi connectivity index (χ4n) is 3.41. The van der Waals surface area contributed by atoms with Gasteiger partial charge in [-0.25, -0.2) is 13.6 Å². The van der Waals surface area contributed by atoms with E-state index < -0.39 is 5.92 Å². The molecule has 1 amide bonds. The molecular weight excluding hydrogens is 314 g/mol. The first-order valence-corrected chi connectivity index (χ1v) is 8.61. The summed E-state index contributed by atoms with van der Waals surface area (Å²) in [6, 6.07) is 9.88. The van der Waals surface area contributed by atoms with Gasteiger partial charge in [0.25, 0.3) is 0 Å². The van der Waals surface area contributed by atoms with Gasteiger partial charge in [-0.15, -0.1) is 0 Å². The molecular formula is C18H24F2N2O2. The average molecular weight is 338 g/mol. The van der Waals surface area contributed by atoms with E-state index >= 15 is 0 Å². The lowest BCUT2D eigenvalue weighted by molar-refractivity contribution is -0.0411. The van der Waals surface area contributed by atoms with Crippen molar-refractivity contribution in [3.8, 4) is 0 Å². The lowest BCUT2D eigenvalue weighted by atomic mass is 9.91. The molecule has 0 aromatic heterocycles. The van der Waals surface area contributed by atoms with Crippen LogP contribution in [0.2, 0.25) is 0 Å². The second-order valence-corrected chi connectivity index (χ2v) is 6.77. The Balaban J connectivity index is 1.39. The molecule has 2 aliphatic rings. The van der Waals surface area contributed by atoms with Gasteiger partial charge in [-0.3, -0.25) is 0 Å². The molecule has 1 saturated heterocycles. The number of halogens is 2. The Morgan fingerprint density at radius 1 is 1.17 bits per heavy atom. The van der Waals surface area contributed by atoms with Crippen LogP contribution in [0.4, 0.5) is 13.6 Å². The molecule has 132 valence electrons. The van der Waals surface area contributed by atoms with Gasteiger partial charge >= 0.3 is 6.09 Å². The number of hydrogen-bond donors (Lipinski definition) is 1. The van der Waals surface area contributed by atoms with Crippen molar-refractivity contribution in [2.75, 3.05) is 13.1 Å². The molecule has 2 fully saturated rings. The quantitative estimate of drug-likeness (QED) is 0.913. The SMILES string of the molecule is O=C(OCc1ccccc1)N1CC[C@H](NC2CCC(F)(F)CC2)C1. The maximum Gasteiger partial charge on any atom is 0.410 e. The van der Waals surface area contributed by atoms with Crippen molar-refractivity contribution < 1.29 is 18.3 Å². The van der Waals surface area contributed by atoms with Crippen LogP contribution in [0.15, 0.2) is 30.3 Å². The van der Waals surface area contributed by atoms with Crippen molar-refractivity contribution in [2.45, 2.75) is 56.7 Å². The van der Waals surface area contributed by atoms with Crippen LogP contribution < -0.4 is 5.32 Å². The minimum Gasteiger partial charge on any atom is -0.445 e. The molecule has 1 aliphatic carbocycles. The highest BCUT2D eigenvalue weighted by Crippen LogP contribution is 2.33. The maximum atomic E-state index is 13.2. The molecule has 1 atom stereocenters. The second kappa shape index (κ2) is 7.47. The summed E-state index contributed by atoms with van der Waals surface area (Å²) in [6.45, 7) is 1.50. The number of alkyl halides is 2. The normalized spacial score (nSPS) is 24.1. The molecule has 24 heavy (non-hydrogen) atoms. The molecule has 4 nitrogen and oxygen atoms in total. The molecule has 1 N–H and O–H groups in total. The van der Waals surface area contributed by atoms with Gasteiger partial charge in [0, 0.05) is 38.0 Å². The maximum absolute atomic E-state index is 13.2. The molecule has 1 aliphatic heterocycles. The minimum atomic E-state index is -2.50. The number of rotatable bonds is 4. The minimum absolute atomic E-state index is 0.0415. The molecule has 0 unspecified atom stereocenters. The van der Waals surface area contributed by atoms with E-state index in [1.165, 1.54) is 0 Å². The molecule has 1 saturated carbocycles. The Hall–Kier alpha value is -1.69. The summed E-state index contributed by atoms with van der Waals surface area (Å²) in [5, 5.41) is 3.43. The number of carbonyl (C=O) groups is 1. The van der Waals surface area contributed by atoms with Crippen molar-refractivity contribution >= 4 is 6.09 Å². The zero-order valence-electron chi connectivity index (χ0n) is 13.7.